The van der Waals surface area contributed by atoms with Crippen molar-refractivity contribution in [3.63, 3.8) is 0 Å². The molecule has 0 aliphatic rings. The fraction of sp³-hybridized carbons (Fsp3) is 0.417. The van der Waals surface area contributed by atoms with Gasteiger partial charge in [-0.1, -0.05) is 18.2 Å². The van der Waals surface area contributed by atoms with Gasteiger partial charge in [-0.25, -0.2) is 8.78 Å². The van der Waals surface area contributed by atoms with E-state index in [2.05, 4.69) is 0 Å². The van der Waals surface area contributed by atoms with Gasteiger partial charge in [-0.3, -0.25) is 4.79 Å². The van der Waals surface area contributed by atoms with Crippen molar-refractivity contribution in [2.45, 2.75) is 12.3 Å². The third kappa shape index (κ3) is 5.58. The van der Waals surface area contributed by atoms with Gasteiger partial charge in [0, 0.05) is 0 Å². The van der Waals surface area contributed by atoms with Crippen molar-refractivity contribution < 1.29 is 23.4 Å². The number of rotatable bonds is 7. The molecule has 1 aromatic carbocycles. The SMILES string of the molecule is O=C(CCOc1ccccc1)NCC(F)(F)CO. The second kappa shape index (κ2) is 6.90. The Kier molecular flexibility index (Phi) is 5.51. The van der Waals surface area contributed by atoms with Crippen LogP contribution in [-0.4, -0.2) is 36.7 Å². The van der Waals surface area contributed by atoms with Gasteiger partial charge in [-0.2, -0.15) is 0 Å². The summed E-state index contributed by atoms with van der Waals surface area (Å²) in [5.74, 6) is -3.21. The van der Waals surface area contributed by atoms with E-state index < -0.39 is 25.0 Å². The lowest BCUT2D eigenvalue weighted by Crippen LogP contribution is -2.39. The van der Waals surface area contributed by atoms with Gasteiger partial charge in [-0.15, -0.1) is 0 Å². The van der Waals surface area contributed by atoms with Crippen molar-refractivity contribution >= 4 is 5.91 Å². The highest BCUT2D eigenvalue weighted by Gasteiger charge is 2.27. The molecule has 2 N–H and O–H groups in total. The number of aliphatic hydroxyl groups is 1. The zero-order chi connectivity index (χ0) is 13.4. The molecule has 0 saturated carbocycles. The molecule has 1 amide bonds. The van der Waals surface area contributed by atoms with Gasteiger partial charge in [0.05, 0.1) is 19.6 Å². The first-order valence-corrected chi connectivity index (χ1v) is 5.47. The molecule has 0 radical (unpaired) electrons. The Labute approximate surface area is 104 Å². The van der Waals surface area contributed by atoms with Crippen molar-refractivity contribution in [1.29, 1.82) is 0 Å². The number of benzene rings is 1. The molecule has 0 fully saturated rings. The molecule has 6 heteroatoms. The van der Waals surface area contributed by atoms with Crippen LogP contribution in [0.4, 0.5) is 8.78 Å². The van der Waals surface area contributed by atoms with Crippen LogP contribution in [0.3, 0.4) is 0 Å². The molecular formula is C12H15F2NO3. The van der Waals surface area contributed by atoms with E-state index in [4.69, 9.17) is 9.84 Å². The van der Waals surface area contributed by atoms with Crippen LogP contribution in [0.5, 0.6) is 5.75 Å². The van der Waals surface area contributed by atoms with Crippen molar-refractivity contribution in [1.82, 2.24) is 5.32 Å². The molecule has 0 aromatic heterocycles. The first-order chi connectivity index (χ1) is 8.53. The Morgan fingerprint density at radius 1 is 1.33 bits per heavy atom. The number of para-hydroxylation sites is 1. The number of nitrogens with one attached hydrogen (secondary N) is 1. The molecular weight excluding hydrogens is 244 g/mol. The quantitative estimate of drug-likeness (QED) is 0.773. The van der Waals surface area contributed by atoms with Gasteiger partial charge in [0.1, 0.15) is 12.4 Å². The first kappa shape index (κ1) is 14.4. The minimum atomic E-state index is -3.28. The summed E-state index contributed by atoms with van der Waals surface area (Å²) in [7, 11) is 0. The number of hydrogen-bond donors (Lipinski definition) is 2. The molecule has 0 bridgehead atoms. The fourth-order valence-corrected chi connectivity index (χ4v) is 1.15. The van der Waals surface area contributed by atoms with E-state index in [1.54, 1.807) is 24.3 Å². The third-order valence-electron chi connectivity index (χ3n) is 2.12. The number of aliphatic hydroxyl groups excluding tert-OH is 1. The summed E-state index contributed by atoms with van der Waals surface area (Å²) in [5, 5.41) is 10.3. The van der Waals surface area contributed by atoms with E-state index in [0.29, 0.717) is 5.75 Å². The predicted molar refractivity (Wildman–Crippen MR) is 61.6 cm³/mol. The molecule has 0 aliphatic heterocycles. The lowest BCUT2D eigenvalue weighted by Gasteiger charge is -2.14. The van der Waals surface area contributed by atoms with Crippen LogP contribution in [0.25, 0.3) is 0 Å². The molecule has 0 atom stereocenters. The van der Waals surface area contributed by atoms with Crippen LogP contribution in [-0.2, 0) is 4.79 Å². The Bertz CT molecular complexity index is 371. The maximum atomic E-state index is 12.6. The molecule has 1 aromatic rings. The summed E-state index contributed by atoms with van der Waals surface area (Å²) in [6, 6.07) is 8.88. The van der Waals surface area contributed by atoms with Gasteiger partial charge in [0.15, 0.2) is 0 Å². The van der Waals surface area contributed by atoms with E-state index in [1.807, 2.05) is 11.4 Å². The van der Waals surface area contributed by atoms with E-state index in [0.717, 1.165) is 0 Å². The van der Waals surface area contributed by atoms with Crippen LogP contribution in [0.2, 0.25) is 0 Å². The topological polar surface area (TPSA) is 58.6 Å². The Balaban J connectivity index is 2.18. The predicted octanol–water partition coefficient (Wildman–Crippen LogP) is 1.20. The van der Waals surface area contributed by atoms with E-state index in [-0.39, 0.29) is 13.0 Å². The summed E-state index contributed by atoms with van der Waals surface area (Å²) in [6.07, 6.45) is -0.0175. The standard InChI is InChI=1S/C12H15F2NO3/c13-12(14,9-16)8-15-11(17)6-7-18-10-4-2-1-3-5-10/h1-5,16H,6-9H2,(H,15,17). The number of carbonyl (C=O) groups excluding carboxylic acids is 1. The zero-order valence-corrected chi connectivity index (χ0v) is 9.73. The number of carbonyl (C=O) groups is 1. The number of hydrogen-bond acceptors (Lipinski definition) is 3. The molecule has 0 heterocycles. The fourth-order valence-electron chi connectivity index (χ4n) is 1.15. The van der Waals surface area contributed by atoms with Gasteiger partial charge in [0.25, 0.3) is 5.92 Å². The highest BCUT2D eigenvalue weighted by Crippen LogP contribution is 2.10. The van der Waals surface area contributed by atoms with Crippen LogP contribution >= 0.6 is 0 Å². The second-order valence-corrected chi connectivity index (χ2v) is 3.70. The van der Waals surface area contributed by atoms with Gasteiger partial charge < -0.3 is 15.2 Å². The number of alkyl halides is 2. The van der Waals surface area contributed by atoms with E-state index in [1.165, 1.54) is 0 Å². The highest BCUT2D eigenvalue weighted by molar-refractivity contribution is 5.76. The third-order valence-corrected chi connectivity index (χ3v) is 2.12. The second-order valence-electron chi connectivity index (χ2n) is 3.70. The molecule has 1 rings (SSSR count). The molecule has 100 valence electrons. The zero-order valence-electron chi connectivity index (χ0n) is 9.73. The molecule has 0 aliphatic carbocycles. The molecule has 0 spiro atoms. The molecule has 0 saturated heterocycles. The lowest BCUT2D eigenvalue weighted by atomic mass is 10.3. The minimum absolute atomic E-state index is 0.0175. The Hall–Kier alpha value is -1.69. The van der Waals surface area contributed by atoms with E-state index >= 15 is 0 Å². The maximum Gasteiger partial charge on any atom is 0.287 e. The first-order valence-electron chi connectivity index (χ1n) is 5.47. The lowest BCUT2D eigenvalue weighted by molar-refractivity contribution is -0.124. The van der Waals surface area contributed by atoms with Crippen LogP contribution in [0.15, 0.2) is 30.3 Å². The van der Waals surface area contributed by atoms with Crippen molar-refractivity contribution in [2.24, 2.45) is 0 Å². The van der Waals surface area contributed by atoms with Crippen LogP contribution in [0, 0.1) is 0 Å². The van der Waals surface area contributed by atoms with Crippen molar-refractivity contribution in [3.8, 4) is 5.75 Å². The number of halogens is 2. The van der Waals surface area contributed by atoms with E-state index in [9.17, 15) is 13.6 Å². The largest absolute Gasteiger partial charge is 0.493 e. The minimum Gasteiger partial charge on any atom is -0.493 e. The van der Waals surface area contributed by atoms with Gasteiger partial charge >= 0.3 is 0 Å². The summed E-state index contributed by atoms with van der Waals surface area (Å²) >= 11 is 0. The number of amides is 1. The van der Waals surface area contributed by atoms with Crippen molar-refractivity contribution in [3.05, 3.63) is 30.3 Å². The Morgan fingerprint density at radius 2 is 2.00 bits per heavy atom. The Morgan fingerprint density at radius 3 is 2.61 bits per heavy atom. The summed E-state index contributed by atoms with van der Waals surface area (Å²) in [5.41, 5.74) is 0. The number of ether oxygens (including phenoxy) is 1. The molecule has 0 unspecified atom stereocenters. The highest BCUT2D eigenvalue weighted by atomic mass is 19.3. The summed E-state index contributed by atoms with van der Waals surface area (Å²) < 4.78 is 30.4. The average Bonchev–Trinajstić information content (AvgIpc) is 2.38. The molecule has 18 heavy (non-hydrogen) atoms. The smallest absolute Gasteiger partial charge is 0.287 e. The summed E-state index contributed by atoms with van der Waals surface area (Å²) in [6.45, 7) is -2.04. The summed E-state index contributed by atoms with van der Waals surface area (Å²) in [4.78, 5) is 11.2. The monoisotopic (exact) mass is 259 g/mol. The van der Waals surface area contributed by atoms with Crippen molar-refractivity contribution in [2.75, 3.05) is 19.8 Å². The van der Waals surface area contributed by atoms with Gasteiger partial charge in [0.2, 0.25) is 5.91 Å². The van der Waals surface area contributed by atoms with Gasteiger partial charge in [-0.05, 0) is 12.1 Å². The van der Waals surface area contributed by atoms with Crippen LogP contribution < -0.4 is 10.1 Å². The average molecular weight is 259 g/mol. The van der Waals surface area contributed by atoms with Crippen LogP contribution in [0.1, 0.15) is 6.42 Å². The normalized spacial score (nSPS) is 11.1. The molecule has 4 nitrogen and oxygen atoms in total. The maximum absolute atomic E-state index is 12.6.